The van der Waals surface area contributed by atoms with Gasteiger partial charge in [-0.25, -0.2) is 0 Å². The Bertz CT molecular complexity index is 602. The van der Waals surface area contributed by atoms with Crippen LogP contribution in [-0.4, -0.2) is 10.8 Å². The molecule has 0 saturated heterocycles. The van der Waals surface area contributed by atoms with Gasteiger partial charge in [-0.05, 0) is 48.6 Å². The van der Waals surface area contributed by atoms with Crippen LogP contribution in [0, 0.1) is 0 Å². The number of benzene rings is 1. The smallest absolute Gasteiger partial charge is 0.211 e. The van der Waals surface area contributed by atoms with Crippen molar-refractivity contribution in [2.24, 2.45) is 0 Å². The average molecular weight is 238 g/mol. The molecule has 2 N–H and O–H groups in total. The van der Waals surface area contributed by atoms with Gasteiger partial charge in [0.1, 0.15) is 5.69 Å². The Kier molecular flexibility index (Phi) is 2.59. The van der Waals surface area contributed by atoms with Gasteiger partial charge >= 0.3 is 0 Å². The molecule has 1 heterocycles. The zero-order chi connectivity index (χ0) is 12.5. The van der Waals surface area contributed by atoms with Crippen LogP contribution in [0.3, 0.4) is 0 Å². The lowest BCUT2D eigenvalue weighted by Crippen LogP contribution is -2.05. The van der Waals surface area contributed by atoms with Crippen LogP contribution in [0.25, 0.3) is 0 Å². The van der Waals surface area contributed by atoms with E-state index >= 15 is 0 Å². The van der Waals surface area contributed by atoms with E-state index in [2.05, 4.69) is 11.1 Å². The number of pyridine rings is 1. The predicted octanol–water partition coefficient (Wildman–Crippen LogP) is 2.38. The van der Waals surface area contributed by atoms with E-state index in [0.29, 0.717) is 16.9 Å². The Labute approximate surface area is 106 Å². The number of hydrogen-bond donors (Lipinski definition) is 1. The first kappa shape index (κ1) is 11.0. The lowest BCUT2D eigenvalue weighted by atomic mass is 10.0. The van der Waals surface area contributed by atoms with E-state index in [1.54, 1.807) is 12.1 Å². The highest BCUT2D eigenvalue weighted by Crippen LogP contribution is 2.23. The molecular weight excluding hydrogens is 224 g/mol. The Morgan fingerprint density at radius 3 is 2.72 bits per heavy atom. The van der Waals surface area contributed by atoms with E-state index < -0.39 is 0 Å². The van der Waals surface area contributed by atoms with Crippen molar-refractivity contribution in [2.45, 2.75) is 19.3 Å². The van der Waals surface area contributed by atoms with Crippen LogP contribution in [0.2, 0.25) is 0 Å². The third-order valence-corrected chi connectivity index (χ3v) is 3.38. The summed E-state index contributed by atoms with van der Waals surface area (Å²) in [5, 5.41) is 0. The summed E-state index contributed by atoms with van der Waals surface area (Å²) in [5.41, 5.74) is 9.97. The molecule has 0 atom stereocenters. The minimum absolute atomic E-state index is 0.0373. The van der Waals surface area contributed by atoms with Crippen LogP contribution < -0.4 is 5.73 Å². The Morgan fingerprint density at radius 1 is 1.11 bits per heavy atom. The molecule has 18 heavy (non-hydrogen) atoms. The number of carbonyl (C=O) groups excluding carboxylic acids is 1. The number of carbonyl (C=O) groups is 1. The van der Waals surface area contributed by atoms with Crippen molar-refractivity contribution in [3.63, 3.8) is 0 Å². The quantitative estimate of drug-likeness (QED) is 0.817. The Balaban J connectivity index is 1.95. The normalized spacial score (nSPS) is 13.3. The highest BCUT2D eigenvalue weighted by molar-refractivity contribution is 6.07. The molecule has 0 bridgehead atoms. The van der Waals surface area contributed by atoms with E-state index in [0.717, 1.165) is 12.8 Å². The number of fused-ring (bicyclic) bond motifs is 1. The average Bonchev–Trinajstić information content (AvgIpc) is 2.86. The zero-order valence-electron chi connectivity index (χ0n) is 10.0. The second-order valence-electron chi connectivity index (χ2n) is 4.64. The monoisotopic (exact) mass is 238 g/mol. The van der Waals surface area contributed by atoms with Crippen molar-refractivity contribution in [3.8, 4) is 0 Å². The summed E-state index contributed by atoms with van der Waals surface area (Å²) >= 11 is 0. The highest BCUT2D eigenvalue weighted by atomic mass is 16.1. The molecule has 0 unspecified atom stereocenters. The van der Waals surface area contributed by atoms with Crippen LogP contribution in [0.1, 0.15) is 33.6 Å². The zero-order valence-corrected chi connectivity index (χ0v) is 10.0. The van der Waals surface area contributed by atoms with E-state index in [4.69, 9.17) is 5.73 Å². The lowest BCUT2D eigenvalue weighted by molar-refractivity contribution is 0.103. The highest BCUT2D eigenvalue weighted by Gasteiger charge is 2.15. The van der Waals surface area contributed by atoms with Crippen LogP contribution in [0.5, 0.6) is 0 Å². The molecule has 0 fully saturated rings. The minimum atomic E-state index is -0.0373. The summed E-state index contributed by atoms with van der Waals surface area (Å²) in [7, 11) is 0. The number of nitrogens with two attached hydrogens (primary N) is 1. The number of nitrogens with zero attached hydrogens (tertiary/aromatic N) is 1. The standard InChI is InChI=1S/C15H14N2O/c16-13-6-7-14(17-9-13)15(18)12-5-4-10-2-1-3-11(10)8-12/h4-9H,1-3,16H2. The number of hydrogen-bond acceptors (Lipinski definition) is 3. The molecule has 1 aliphatic carbocycles. The number of anilines is 1. The van der Waals surface area contributed by atoms with Crippen molar-refractivity contribution in [3.05, 3.63) is 58.9 Å². The second-order valence-corrected chi connectivity index (χ2v) is 4.64. The van der Waals surface area contributed by atoms with Crippen LogP contribution in [-0.2, 0) is 12.8 Å². The van der Waals surface area contributed by atoms with Crippen LogP contribution in [0.15, 0.2) is 36.5 Å². The molecule has 3 rings (SSSR count). The number of ketones is 1. The fourth-order valence-corrected chi connectivity index (χ4v) is 2.40. The molecule has 2 aromatic rings. The molecule has 0 aliphatic heterocycles. The van der Waals surface area contributed by atoms with Crippen molar-refractivity contribution in [2.75, 3.05) is 5.73 Å². The van der Waals surface area contributed by atoms with Crippen LogP contribution in [0.4, 0.5) is 5.69 Å². The largest absolute Gasteiger partial charge is 0.397 e. The van der Waals surface area contributed by atoms with E-state index in [1.165, 1.54) is 23.7 Å². The predicted molar refractivity (Wildman–Crippen MR) is 70.5 cm³/mol. The molecule has 90 valence electrons. The summed E-state index contributed by atoms with van der Waals surface area (Å²) in [6, 6.07) is 9.33. The topological polar surface area (TPSA) is 56.0 Å². The molecule has 1 aromatic heterocycles. The summed E-state index contributed by atoms with van der Waals surface area (Å²) in [4.78, 5) is 16.3. The van der Waals surface area contributed by atoms with Crippen LogP contribution >= 0.6 is 0 Å². The SMILES string of the molecule is Nc1ccc(C(=O)c2ccc3c(c2)CCC3)nc1. The minimum Gasteiger partial charge on any atom is -0.397 e. The second kappa shape index (κ2) is 4.26. The molecule has 3 nitrogen and oxygen atoms in total. The molecule has 0 spiro atoms. The summed E-state index contributed by atoms with van der Waals surface area (Å²) in [5.74, 6) is -0.0373. The maximum Gasteiger partial charge on any atom is 0.211 e. The maximum absolute atomic E-state index is 12.3. The van der Waals surface area contributed by atoms with Gasteiger partial charge in [0, 0.05) is 5.56 Å². The molecule has 0 radical (unpaired) electrons. The number of nitrogen functional groups attached to an aromatic ring is 1. The van der Waals surface area contributed by atoms with Crippen molar-refractivity contribution in [1.29, 1.82) is 0 Å². The van der Waals surface area contributed by atoms with Crippen molar-refractivity contribution >= 4 is 11.5 Å². The fraction of sp³-hybridized carbons (Fsp3) is 0.200. The lowest BCUT2D eigenvalue weighted by Gasteiger charge is -2.04. The first-order valence-electron chi connectivity index (χ1n) is 6.12. The van der Waals surface area contributed by atoms with Gasteiger partial charge in [0.2, 0.25) is 5.78 Å². The molecule has 1 aromatic carbocycles. The van der Waals surface area contributed by atoms with Gasteiger partial charge in [-0.1, -0.05) is 12.1 Å². The van der Waals surface area contributed by atoms with E-state index in [1.807, 2.05) is 12.1 Å². The molecule has 1 aliphatic rings. The van der Waals surface area contributed by atoms with Crippen molar-refractivity contribution < 1.29 is 4.79 Å². The molecule has 3 heteroatoms. The molecule has 0 amide bonds. The summed E-state index contributed by atoms with van der Waals surface area (Å²) < 4.78 is 0. The van der Waals surface area contributed by atoms with Gasteiger partial charge in [-0.15, -0.1) is 0 Å². The number of aryl methyl sites for hydroxylation is 2. The van der Waals surface area contributed by atoms with Gasteiger partial charge < -0.3 is 5.73 Å². The fourth-order valence-electron chi connectivity index (χ4n) is 2.40. The maximum atomic E-state index is 12.3. The van der Waals surface area contributed by atoms with Gasteiger partial charge in [0.25, 0.3) is 0 Å². The first-order chi connectivity index (χ1) is 8.74. The van der Waals surface area contributed by atoms with E-state index in [-0.39, 0.29) is 5.78 Å². The van der Waals surface area contributed by atoms with Crippen molar-refractivity contribution in [1.82, 2.24) is 4.98 Å². The molecule has 0 saturated carbocycles. The van der Waals surface area contributed by atoms with Gasteiger partial charge in [-0.2, -0.15) is 0 Å². The number of rotatable bonds is 2. The van der Waals surface area contributed by atoms with E-state index in [9.17, 15) is 4.79 Å². The molecular formula is C15H14N2O. The third kappa shape index (κ3) is 1.88. The van der Waals surface area contributed by atoms with Gasteiger partial charge in [0.15, 0.2) is 0 Å². The summed E-state index contributed by atoms with van der Waals surface area (Å²) in [6.45, 7) is 0. The Morgan fingerprint density at radius 2 is 1.94 bits per heavy atom. The first-order valence-corrected chi connectivity index (χ1v) is 6.12. The summed E-state index contributed by atoms with van der Waals surface area (Å²) in [6.07, 6.45) is 4.91. The Hall–Kier alpha value is -2.16. The van der Waals surface area contributed by atoms with Gasteiger partial charge in [-0.3, -0.25) is 9.78 Å². The van der Waals surface area contributed by atoms with Gasteiger partial charge in [0.05, 0.1) is 11.9 Å². The number of aromatic nitrogens is 1. The third-order valence-electron chi connectivity index (χ3n) is 3.38.